The van der Waals surface area contributed by atoms with E-state index in [9.17, 15) is 0 Å². The van der Waals surface area contributed by atoms with E-state index in [1.807, 2.05) is 0 Å². The van der Waals surface area contributed by atoms with E-state index in [2.05, 4.69) is 17.5 Å². The molecule has 8 N–H and O–H groups in total. The van der Waals surface area contributed by atoms with Gasteiger partial charge in [0.2, 0.25) is 0 Å². The van der Waals surface area contributed by atoms with E-state index in [-0.39, 0.29) is 0 Å². The van der Waals surface area contributed by atoms with Gasteiger partial charge in [-0.05, 0) is 0 Å². The number of hydrazine groups is 2. The van der Waals surface area contributed by atoms with Crippen molar-refractivity contribution in [3.05, 3.63) is 0 Å². The first-order valence-electron chi connectivity index (χ1n) is 0.846. The predicted octanol–water partition coefficient (Wildman–Crippen LogP) is -2.34. The number of hydrogen-bond donors (Lipinski definition) is 5. The molecule has 0 aromatic rings. The minimum absolute atomic E-state index is 1.25. The van der Waals surface area contributed by atoms with Crippen molar-refractivity contribution in [1.29, 1.82) is 0 Å². The Morgan fingerprint density at radius 2 is 1.40 bits per heavy atom. The Morgan fingerprint density at radius 3 is 1.40 bits per heavy atom. The van der Waals surface area contributed by atoms with E-state index in [0.717, 1.165) is 0 Å². The van der Waals surface area contributed by atoms with Gasteiger partial charge in [0.05, 0.1) is 0 Å². The highest BCUT2D eigenvalue weighted by atomic mass is 16.5. The highest BCUT2D eigenvalue weighted by molar-refractivity contribution is 3.42. The van der Waals surface area contributed by atoms with E-state index >= 15 is 0 Å². The molecule has 0 spiro atoms. The molecule has 0 unspecified atom stereocenters. The molecule has 0 heterocycles. The van der Waals surface area contributed by atoms with E-state index in [0.29, 0.717) is 0 Å². The van der Waals surface area contributed by atoms with Gasteiger partial charge in [-0.2, -0.15) is 0 Å². The van der Waals surface area contributed by atoms with Crippen molar-refractivity contribution >= 4 is 0 Å². The minimum atomic E-state index is 1.25. The second-order valence-corrected chi connectivity index (χ2v) is 0.129. The summed E-state index contributed by atoms with van der Waals surface area (Å²) < 4.78 is 0. The number of rotatable bonds is 0. The summed E-state index contributed by atoms with van der Waals surface area (Å²) in [5.74, 6) is 12.2. The smallest absolute Gasteiger partial charge is 0.143 e. The van der Waals surface area contributed by atoms with Gasteiger partial charge in [-0.1, -0.05) is 0 Å². The van der Waals surface area contributed by atoms with Crippen molar-refractivity contribution in [3.63, 3.8) is 0 Å². The Bertz CT molecular complexity index is 3.61. The first kappa shape index (κ1) is 8.84. The molecule has 0 saturated carbocycles. The molecule has 0 aliphatic heterocycles. The third-order valence-electron chi connectivity index (χ3n) is 0. The van der Waals surface area contributed by atoms with Crippen molar-refractivity contribution in [3.8, 4) is 0 Å². The lowest BCUT2D eigenvalue weighted by Gasteiger charge is -1.62. The molecule has 0 aromatic heterocycles. The fraction of sp³-hybridized carbons (Fsp3) is 0. The molecule has 0 radical (unpaired) electrons. The van der Waals surface area contributed by atoms with Crippen LogP contribution in [0.5, 0.6) is 0 Å². The van der Waals surface area contributed by atoms with Crippen LogP contribution in [0.4, 0.5) is 0 Å². The third kappa shape index (κ3) is 308. The van der Waals surface area contributed by atoms with Crippen molar-refractivity contribution in [2.75, 3.05) is 0 Å². The summed E-state index contributed by atoms with van der Waals surface area (Å²) in [6.45, 7) is 0. The monoisotopic (exact) mass is 80.1 g/mol. The second kappa shape index (κ2) is 46.5. The van der Waals surface area contributed by atoms with Gasteiger partial charge in [-0.15, -0.1) is 5.59 Å². The Morgan fingerprint density at radius 1 is 1.40 bits per heavy atom. The number of hydrogen-bond acceptors (Lipinski definition) is 5. The average molecular weight is 80.1 g/mol. The molecule has 5 heavy (non-hydrogen) atoms. The topological polar surface area (TPSA) is 110 Å². The molecule has 0 aliphatic rings. The summed E-state index contributed by atoms with van der Waals surface area (Å²) in [5.41, 5.74) is 1.25. The molecule has 0 fully saturated rings. The van der Waals surface area contributed by atoms with Gasteiger partial charge >= 0.3 is 0 Å². The van der Waals surface area contributed by atoms with Crippen molar-refractivity contribution < 1.29 is 5.21 Å². The van der Waals surface area contributed by atoms with Crippen LogP contribution in [0.15, 0.2) is 0 Å². The molecule has 34 valence electrons. The fourth-order valence-corrected chi connectivity index (χ4v) is 0. The standard InChI is InChI=1S/H4N2O.H4N2/c1-2-3;1-2/h2-3H,1H2;1-2H2. The maximum atomic E-state index is 7.10. The van der Waals surface area contributed by atoms with Gasteiger partial charge in [0.1, 0.15) is 0 Å². The van der Waals surface area contributed by atoms with Crippen LogP contribution in [0, 0.1) is 0 Å². The van der Waals surface area contributed by atoms with Crippen molar-refractivity contribution in [2.24, 2.45) is 17.5 Å². The lowest BCUT2D eigenvalue weighted by molar-refractivity contribution is 0.169. The van der Waals surface area contributed by atoms with Crippen LogP contribution >= 0.6 is 0 Å². The van der Waals surface area contributed by atoms with Crippen molar-refractivity contribution in [2.45, 2.75) is 0 Å². The number of nitrogens with one attached hydrogen (secondary N) is 1. The van der Waals surface area contributed by atoms with Crippen LogP contribution in [-0.4, -0.2) is 5.21 Å². The second-order valence-electron chi connectivity index (χ2n) is 0.129. The van der Waals surface area contributed by atoms with Gasteiger partial charge in [-0.3, -0.25) is 11.7 Å². The molecule has 0 saturated heterocycles. The van der Waals surface area contributed by atoms with Crippen LogP contribution < -0.4 is 23.1 Å². The van der Waals surface area contributed by atoms with Crippen LogP contribution in [0.2, 0.25) is 0 Å². The van der Waals surface area contributed by atoms with Gasteiger partial charge in [0.15, 0.2) is 0 Å². The molecular weight excluding hydrogens is 72.0 g/mol. The summed E-state index contributed by atoms with van der Waals surface area (Å²) in [6, 6.07) is 0. The predicted molar refractivity (Wildman–Crippen MR) is 17.5 cm³/mol. The lowest BCUT2D eigenvalue weighted by atomic mass is 12.8. The quantitative estimate of drug-likeness (QED) is 0.165. The zero-order valence-electron chi connectivity index (χ0n) is 2.68. The molecule has 0 aliphatic carbocycles. The van der Waals surface area contributed by atoms with Crippen LogP contribution in [0.1, 0.15) is 0 Å². The zero-order chi connectivity index (χ0) is 4.71. The third-order valence-corrected chi connectivity index (χ3v) is 0. The average Bonchev–Trinajstić information content (AvgIpc) is 1.46. The van der Waals surface area contributed by atoms with E-state index < -0.39 is 0 Å². The highest BCUT2D eigenvalue weighted by Crippen LogP contribution is 0.781. The first-order chi connectivity index (χ1) is 2.41. The Hall–Kier alpha value is -0.200. The Kier molecular flexibility index (Phi) is 82.3. The molecule has 0 atom stereocenters. The van der Waals surface area contributed by atoms with Crippen LogP contribution in [0.3, 0.4) is 0 Å². The van der Waals surface area contributed by atoms with E-state index in [4.69, 9.17) is 5.21 Å². The van der Waals surface area contributed by atoms with E-state index in [1.54, 1.807) is 0 Å². The maximum absolute atomic E-state index is 7.10. The molecular formula is H8N4O. The SMILES string of the molecule is NN.NNO. The van der Waals surface area contributed by atoms with Gasteiger partial charge < -0.3 is 5.21 Å². The zero-order valence-corrected chi connectivity index (χ0v) is 2.68. The fourth-order valence-electron chi connectivity index (χ4n) is 0. The molecule has 5 nitrogen and oxygen atoms in total. The molecule has 0 bridgehead atoms. The largest absolute Gasteiger partial charge is 0.302 e. The first-order valence-corrected chi connectivity index (χ1v) is 0.846. The molecule has 5 heteroatoms. The maximum Gasteiger partial charge on any atom is -0.143 e. The molecule has 0 rings (SSSR count). The summed E-state index contributed by atoms with van der Waals surface area (Å²) in [6.07, 6.45) is 0. The van der Waals surface area contributed by atoms with Gasteiger partial charge in [-0.25, -0.2) is 5.84 Å². The van der Waals surface area contributed by atoms with Crippen molar-refractivity contribution in [1.82, 2.24) is 5.59 Å². The minimum Gasteiger partial charge on any atom is -0.302 e. The Labute approximate surface area is 29.6 Å². The van der Waals surface area contributed by atoms with Crippen LogP contribution in [0.25, 0.3) is 0 Å². The van der Waals surface area contributed by atoms with Gasteiger partial charge in [0.25, 0.3) is 0 Å². The highest BCUT2D eigenvalue weighted by Gasteiger charge is 1.21. The van der Waals surface area contributed by atoms with Gasteiger partial charge in [0, 0.05) is 0 Å². The molecule has 0 amide bonds. The van der Waals surface area contributed by atoms with E-state index in [1.165, 1.54) is 5.59 Å². The lowest BCUT2D eigenvalue weighted by Crippen LogP contribution is -2.14. The normalized spacial score (nSPS) is 4.80. The summed E-state index contributed by atoms with van der Waals surface area (Å²) >= 11 is 0. The summed E-state index contributed by atoms with van der Waals surface area (Å²) in [4.78, 5) is 0. The van der Waals surface area contributed by atoms with Crippen LogP contribution in [-0.2, 0) is 0 Å². The molecule has 0 aromatic carbocycles. The number of nitrogens with two attached hydrogens (primary N) is 3. The Balaban J connectivity index is 0. The summed E-state index contributed by atoms with van der Waals surface area (Å²) in [7, 11) is 0. The summed E-state index contributed by atoms with van der Waals surface area (Å²) in [5, 5.41) is 7.10.